The van der Waals surface area contributed by atoms with Gasteiger partial charge in [-0.25, -0.2) is 18.5 Å². The minimum absolute atomic E-state index is 0.00858. The molecule has 1 aromatic heterocycles. The zero-order chi connectivity index (χ0) is 17.2. The summed E-state index contributed by atoms with van der Waals surface area (Å²) >= 11 is 3.37. The van der Waals surface area contributed by atoms with Gasteiger partial charge in [0.05, 0.1) is 4.47 Å². The quantitative estimate of drug-likeness (QED) is 0.769. The molecule has 0 unspecified atom stereocenters. The second-order valence-electron chi connectivity index (χ2n) is 6.34. The molecule has 7 nitrogen and oxygen atoms in total. The first-order chi connectivity index (χ1) is 11.4. The van der Waals surface area contributed by atoms with Crippen LogP contribution in [-0.4, -0.2) is 56.7 Å². The first-order valence-electron chi connectivity index (χ1n) is 8.20. The fourth-order valence-corrected chi connectivity index (χ4v) is 4.43. The van der Waals surface area contributed by atoms with Crippen LogP contribution in [0.2, 0.25) is 0 Å². The molecule has 0 bridgehead atoms. The molecular formula is C15H23BrN4O3S. The van der Waals surface area contributed by atoms with E-state index >= 15 is 0 Å². The lowest BCUT2D eigenvalue weighted by Crippen LogP contribution is -2.46. The summed E-state index contributed by atoms with van der Waals surface area (Å²) in [7, 11) is -3.73. The van der Waals surface area contributed by atoms with E-state index in [1.807, 2.05) is 0 Å². The van der Waals surface area contributed by atoms with Crippen molar-refractivity contribution in [3.05, 3.63) is 16.7 Å². The first-order valence-corrected chi connectivity index (χ1v) is 10.5. The van der Waals surface area contributed by atoms with E-state index in [0.717, 1.165) is 52.0 Å². The van der Waals surface area contributed by atoms with E-state index in [2.05, 4.69) is 31.1 Å². The van der Waals surface area contributed by atoms with Crippen LogP contribution in [0.3, 0.4) is 0 Å². The molecule has 2 saturated heterocycles. The van der Waals surface area contributed by atoms with E-state index in [-0.39, 0.29) is 4.90 Å². The van der Waals surface area contributed by atoms with Crippen LogP contribution < -0.4 is 10.5 Å². The van der Waals surface area contributed by atoms with Gasteiger partial charge in [0.2, 0.25) is 10.0 Å². The lowest BCUT2D eigenvalue weighted by Gasteiger charge is -2.39. The van der Waals surface area contributed by atoms with Gasteiger partial charge in [-0.2, -0.15) is 0 Å². The summed E-state index contributed by atoms with van der Waals surface area (Å²) < 4.78 is 28.8. The van der Waals surface area contributed by atoms with Gasteiger partial charge in [-0.1, -0.05) is 0 Å². The van der Waals surface area contributed by atoms with Crippen LogP contribution in [0.25, 0.3) is 0 Å². The van der Waals surface area contributed by atoms with Crippen molar-refractivity contribution in [2.45, 2.75) is 42.7 Å². The molecule has 0 radical (unpaired) electrons. The van der Waals surface area contributed by atoms with Crippen molar-refractivity contribution in [3.63, 3.8) is 0 Å². The maximum atomic E-state index is 11.4. The highest BCUT2D eigenvalue weighted by atomic mass is 79.9. The van der Waals surface area contributed by atoms with Crippen LogP contribution in [-0.2, 0) is 14.8 Å². The average Bonchev–Trinajstić information content (AvgIpc) is 2.57. The summed E-state index contributed by atoms with van der Waals surface area (Å²) in [6.07, 6.45) is 5.63. The number of pyridine rings is 1. The van der Waals surface area contributed by atoms with Gasteiger partial charge >= 0.3 is 0 Å². The molecule has 24 heavy (non-hydrogen) atoms. The Kier molecular flexibility index (Phi) is 5.76. The second-order valence-corrected chi connectivity index (χ2v) is 8.76. The van der Waals surface area contributed by atoms with E-state index in [1.54, 1.807) is 0 Å². The highest BCUT2D eigenvalue weighted by molar-refractivity contribution is 9.10. The maximum Gasteiger partial charge on any atom is 0.239 e. The first kappa shape index (κ1) is 18.1. The fourth-order valence-electron chi connectivity index (χ4n) is 3.33. The van der Waals surface area contributed by atoms with Crippen molar-refractivity contribution in [2.24, 2.45) is 5.14 Å². The number of primary sulfonamides is 1. The van der Waals surface area contributed by atoms with Crippen molar-refractivity contribution in [1.29, 1.82) is 0 Å². The van der Waals surface area contributed by atoms with Gasteiger partial charge in [-0.3, -0.25) is 0 Å². The van der Waals surface area contributed by atoms with Crippen molar-refractivity contribution in [3.8, 4) is 0 Å². The van der Waals surface area contributed by atoms with E-state index in [0.29, 0.717) is 22.4 Å². The zero-order valence-corrected chi connectivity index (χ0v) is 15.9. The lowest BCUT2D eigenvalue weighted by molar-refractivity contribution is 0.0262. The van der Waals surface area contributed by atoms with Crippen LogP contribution in [0.15, 0.2) is 21.6 Å². The van der Waals surface area contributed by atoms with E-state index in [9.17, 15) is 8.42 Å². The fraction of sp³-hybridized carbons (Fsp3) is 0.667. The minimum atomic E-state index is -3.73. The molecule has 3 rings (SSSR count). The molecule has 9 heteroatoms. The van der Waals surface area contributed by atoms with Crippen molar-refractivity contribution >= 4 is 31.8 Å². The summed E-state index contributed by atoms with van der Waals surface area (Å²) in [4.78, 5) is 6.77. The second kappa shape index (κ2) is 7.65. The number of nitrogens with two attached hydrogens (primary N) is 1. The molecule has 2 aliphatic rings. The number of nitrogens with one attached hydrogen (secondary N) is 1. The third-order valence-electron chi connectivity index (χ3n) is 4.72. The van der Waals surface area contributed by atoms with Crippen LogP contribution in [0.4, 0.5) is 5.82 Å². The van der Waals surface area contributed by atoms with Gasteiger partial charge in [0.1, 0.15) is 10.7 Å². The molecule has 3 N–H and O–H groups in total. The van der Waals surface area contributed by atoms with Crippen LogP contribution in [0.5, 0.6) is 0 Å². The van der Waals surface area contributed by atoms with E-state index < -0.39 is 10.0 Å². The SMILES string of the molecule is NS(=O)(=O)c1cnc(NC2CCN(C3CCOCC3)CC2)c(Br)c1. The van der Waals surface area contributed by atoms with Gasteiger partial charge in [0.15, 0.2) is 0 Å². The third kappa shape index (κ3) is 4.45. The molecule has 0 spiro atoms. The number of piperidine rings is 1. The lowest BCUT2D eigenvalue weighted by atomic mass is 10.00. The molecule has 2 fully saturated rings. The Labute approximate surface area is 151 Å². The number of halogens is 1. The Hall–Kier alpha value is -0.740. The van der Waals surface area contributed by atoms with E-state index in [4.69, 9.17) is 9.88 Å². The topological polar surface area (TPSA) is 97.6 Å². The summed E-state index contributed by atoms with van der Waals surface area (Å²) in [5.41, 5.74) is 0. The number of hydrogen-bond donors (Lipinski definition) is 2. The zero-order valence-electron chi connectivity index (χ0n) is 13.4. The van der Waals surface area contributed by atoms with Gasteiger partial charge in [0.25, 0.3) is 0 Å². The maximum absolute atomic E-state index is 11.4. The van der Waals surface area contributed by atoms with E-state index in [1.165, 1.54) is 12.3 Å². The van der Waals surface area contributed by atoms with Gasteiger partial charge in [-0.15, -0.1) is 0 Å². The molecule has 3 heterocycles. The number of aromatic nitrogens is 1. The van der Waals surface area contributed by atoms with Gasteiger partial charge < -0.3 is 15.0 Å². The number of hydrogen-bond acceptors (Lipinski definition) is 6. The molecule has 0 saturated carbocycles. The minimum Gasteiger partial charge on any atom is -0.381 e. The molecule has 134 valence electrons. The monoisotopic (exact) mass is 418 g/mol. The predicted molar refractivity (Wildman–Crippen MR) is 95.4 cm³/mol. The molecular weight excluding hydrogens is 396 g/mol. The van der Waals surface area contributed by atoms with Crippen molar-refractivity contribution < 1.29 is 13.2 Å². The number of ether oxygens (including phenoxy) is 1. The van der Waals surface area contributed by atoms with Crippen molar-refractivity contribution in [1.82, 2.24) is 9.88 Å². The highest BCUT2D eigenvalue weighted by Gasteiger charge is 2.26. The Bertz CT molecular complexity index is 671. The number of rotatable bonds is 4. The average molecular weight is 419 g/mol. The van der Waals surface area contributed by atoms with Crippen LogP contribution >= 0.6 is 15.9 Å². The Morgan fingerprint density at radius 3 is 2.50 bits per heavy atom. The Morgan fingerprint density at radius 1 is 1.25 bits per heavy atom. The number of anilines is 1. The molecule has 0 amide bonds. The van der Waals surface area contributed by atoms with Gasteiger partial charge in [0, 0.05) is 44.6 Å². The molecule has 0 aliphatic carbocycles. The normalized spacial score (nSPS) is 21.8. The van der Waals surface area contributed by atoms with Crippen LogP contribution in [0, 0.1) is 0 Å². The Balaban J connectivity index is 1.56. The van der Waals surface area contributed by atoms with Crippen LogP contribution in [0.1, 0.15) is 25.7 Å². The largest absolute Gasteiger partial charge is 0.381 e. The summed E-state index contributed by atoms with van der Waals surface area (Å²) in [5, 5.41) is 8.53. The number of sulfonamides is 1. The summed E-state index contributed by atoms with van der Waals surface area (Å²) in [5.74, 6) is 0.659. The highest BCUT2D eigenvalue weighted by Crippen LogP contribution is 2.26. The third-order valence-corrected chi connectivity index (χ3v) is 6.21. The summed E-state index contributed by atoms with van der Waals surface area (Å²) in [6, 6.07) is 2.48. The Morgan fingerprint density at radius 2 is 1.92 bits per heavy atom. The molecule has 0 atom stereocenters. The summed E-state index contributed by atoms with van der Waals surface area (Å²) in [6.45, 7) is 3.87. The smallest absolute Gasteiger partial charge is 0.239 e. The van der Waals surface area contributed by atoms with Crippen molar-refractivity contribution in [2.75, 3.05) is 31.6 Å². The standard InChI is InChI=1S/C15H23BrN4O3S/c16-14-9-13(24(17,21)22)10-18-15(14)19-11-1-5-20(6-2-11)12-3-7-23-8-4-12/h9-12H,1-8H2,(H,18,19)(H2,17,21,22). The molecule has 2 aliphatic heterocycles. The molecule has 1 aromatic rings. The number of likely N-dealkylation sites (tertiary alicyclic amines) is 1. The molecule has 0 aromatic carbocycles. The number of nitrogens with zero attached hydrogens (tertiary/aromatic N) is 2. The van der Waals surface area contributed by atoms with Gasteiger partial charge in [-0.05, 0) is 47.7 Å². The predicted octanol–water partition coefficient (Wildman–Crippen LogP) is 1.55.